The maximum atomic E-state index is 14.2. The van der Waals surface area contributed by atoms with Crippen LogP contribution < -0.4 is 9.80 Å². The molecule has 2 aromatic rings. The lowest BCUT2D eigenvalue weighted by molar-refractivity contribution is -0.0802. The van der Waals surface area contributed by atoms with Gasteiger partial charge in [-0.1, -0.05) is 11.6 Å². The zero-order chi connectivity index (χ0) is 18.3. The number of piperidine rings is 1. The first-order valence-electron chi connectivity index (χ1n) is 8.72. The minimum atomic E-state index is -0.430. The van der Waals surface area contributed by atoms with Gasteiger partial charge in [0.15, 0.2) is 11.6 Å². The van der Waals surface area contributed by atoms with Gasteiger partial charge in [0.1, 0.15) is 5.60 Å². The summed E-state index contributed by atoms with van der Waals surface area (Å²) in [6.45, 7) is 1.95. The summed E-state index contributed by atoms with van der Waals surface area (Å²) >= 11 is 5.81. The Morgan fingerprint density at radius 2 is 2.00 bits per heavy atom. The molecule has 0 aromatic carbocycles. The van der Waals surface area contributed by atoms with Gasteiger partial charge in [0.05, 0.1) is 17.3 Å². The molecule has 4 rings (SSSR count). The normalized spacial score (nSPS) is 18.7. The molecule has 0 radical (unpaired) electrons. The van der Waals surface area contributed by atoms with Gasteiger partial charge in [0.2, 0.25) is 5.95 Å². The average molecular weight is 378 g/mol. The van der Waals surface area contributed by atoms with Crippen molar-refractivity contribution in [3.63, 3.8) is 0 Å². The second kappa shape index (κ2) is 6.63. The molecular weight excluding hydrogens is 357 g/mol. The summed E-state index contributed by atoms with van der Waals surface area (Å²) in [5.41, 5.74) is 1.69. The van der Waals surface area contributed by atoms with E-state index in [0.29, 0.717) is 36.5 Å². The van der Waals surface area contributed by atoms with Crippen molar-refractivity contribution >= 4 is 23.4 Å². The van der Waals surface area contributed by atoms with Crippen molar-refractivity contribution < 1.29 is 9.13 Å². The number of fused-ring (bicyclic) bond motifs is 2. The van der Waals surface area contributed by atoms with Gasteiger partial charge in [0, 0.05) is 39.6 Å². The Morgan fingerprint density at radius 1 is 1.23 bits per heavy atom. The summed E-state index contributed by atoms with van der Waals surface area (Å²) in [5, 5.41) is 0.303. The smallest absolute Gasteiger partial charge is 0.225 e. The molecule has 138 valence electrons. The number of aromatic nitrogens is 3. The lowest BCUT2D eigenvalue weighted by atomic mass is 9.83. The third-order valence-corrected chi connectivity index (χ3v) is 5.30. The van der Waals surface area contributed by atoms with Crippen LogP contribution >= 0.6 is 11.6 Å². The Bertz CT molecular complexity index is 823. The minimum absolute atomic E-state index is 0.303. The van der Waals surface area contributed by atoms with Crippen LogP contribution in [-0.4, -0.2) is 48.7 Å². The standard InChI is InChI=1S/C18H21ClFN5O/c1-24(2)17-22-10-12-3-8-26-18(15(12)23-17)4-6-25(7-5-18)16-14(20)9-13(19)11-21-16/h9-11H,3-8H2,1-2H3. The van der Waals surface area contributed by atoms with Crippen LogP contribution in [0.5, 0.6) is 0 Å². The second-order valence-electron chi connectivity index (χ2n) is 6.98. The third-order valence-electron chi connectivity index (χ3n) is 5.09. The SMILES string of the molecule is CN(C)c1ncc2c(n1)C1(CCN(c3ncc(Cl)cc3F)CC1)OCC2. The number of rotatable bonds is 2. The van der Waals surface area contributed by atoms with E-state index in [4.69, 9.17) is 21.3 Å². The maximum absolute atomic E-state index is 14.2. The molecular formula is C18H21ClFN5O. The number of hydrogen-bond acceptors (Lipinski definition) is 6. The van der Waals surface area contributed by atoms with Crippen molar-refractivity contribution in [3.8, 4) is 0 Å². The molecule has 26 heavy (non-hydrogen) atoms. The van der Waals surface area contributed by atoms with E-state index in [1.807, 2.05) is 30.1 Å². The van der Waals surface area contributed by atoms with E-state index < -0.39 is 11.4 Å². The first-order valence-corrected chi connectivity index (χ1v) is 9.10. The monoisotopic (exact) mass is 377 g/mol. The Labute approximate surface area is 157 Å². The van der Waals surface area contributed by atoms with Crippen LogP contribution in [0.2, 0.25) is 5.02 Å². The van der Waals surface area contributed by atoms with E-state index >= 15 is 0 Å². The molecule has 6 nitrogen and oxygen atoms in total. The second-order valence-corrected chi connectivity index (χ2v) is 7.41. The van der Waals surface area contributed by atoms with E-state index in [9.17, 15) is 4.39 Å². The molecule has 0 N–H and O–H groups in total. The predicted molar refractivity (Wildman–Crippen MR) is 98.3 cm³/mol. The van der Waals surface area contributed by atoms with Gasteiger partial charge in [-0.15, -0.1) is 0 Å². The Balaban J connectivity index is 1.60. The molecule has 4 heterocycles. The van der Waals surface area contributed by atoms with Crippen molar-refractivity contribution in [3.05, 3.63) is 40.6 Å². The van der Waals surface area contributed by atoms with Crippen LogP contribution in [0.15, 0.2) is 18.5 Å². The Kier molecular flexibility index (Phi) is 4.44. The van der Waals surface area contributed by atoms with Gasteiger partial charge in [-0.3, -0.25) is 0 Å². The first-order chi connectivity index (χ1) is 12.5. The summed E-state index contributed by atoms with van der Waals surface area (Å²) in [4.78, 5) is 17.2. The third kappa shape index (κ3) is 2.99. The molecule has 1 spiro atoms. The van der Waals surface area contributed by atoms with Gasteiger partial charge in [-0.2, -0.15) is 0 Å². The topological polar surface area (TPSA) is 54.4 Å². The number of anilines is 2. The number of ether oxygens (including phenoxy) is 1. The fourth-order valence-corrected chi connectivity index (χ4v) is 3.86. The van der Waals surface area contributed by atoms with Gasteiger partial charge in [0.25, 0.3) is 0 Å². The first kappa shape index (κ1) is 17.4. The molecule has 0 saturated carbocycles. The van der Waals surface area contributed by atoms with Crippen molar-refractivity contribution in [2.24, 2.45) is 0 Å². The maximum Gasteiger partial charge on any atom is 0.225 e. The lowest BCUT2D eigenvalue weighted by Gasteiger charge is -2.44. The van der Waals surface area contributed by atoms with Crippen molar-refractivity contribution in [1.29, 1.82) is 0 Å². The van der Waals surface area contributed by atoms with E-state index in [1.165, 1.54) is 12.3 Å². The molecule has 0 aliphatic carbocycles. The highest BCUT2D eigenvalue weighted by Crippen LogP contribution is 2.41. The van der Waals surface area contributed by atoms with E-state index in [1.54, 1.807) is 0 Å². The molecule has 2 aliphatic rings. The van der Waals surface area contributed by atoms with Gasteiger partial charge < -0.3 is 14.5 Å². The van der Waals surface area contributed by atoms with Crippen LogP contribution in [-0.2, 0) is 16.8 Å². The van der Waals surface area contributed by atoms with Crippen LogP contribution in [0.4, 0.5) is 16.2 Å². The van der Waals surface area contributed by atoms with Gasteiger partial charge in [-0.25, -0.2) is 19.3 Å². The van der Waals surface area contributed by atoms with E-state index in [0.717, 1.165) is 30.5 Å². The zero-order valence-corrected chi connectivity index (χ0v) is 15.6. The molecule has 0 unspecified atom stereocenters. The molecule has 2 aromatic heterocycles. The Morgan fingerprint density at radius 3 is 2.69 bits per heavy atom. The quantitative estimate of drug-likeness (QED) is 0.802. The number of hydrogen-bond donors (Lipinski definition) is 0. The molecule has 8 heteroatoms. The largest absolute Gasteiger partial charge is 0.368 e. The van der Waals surface area contributed by atoms with Gasteiger partial charge >= 0.3 is 0 Å². The highest BCUT2D eigenvalue weighted by Gasteiger charge is 2.43. The van der Waals surface area contributed by atoms with Crippen molar-refractivity contribution in [1.82, 2.24) is 15.0 Å². The van der Waals surface area contributed by atoms with Crippen LogP contribution in [0.3, 0.4) is 0 Å². The molecule has 0 bridgehead atoms. The van der Waals surface area contributed by atoms with Gasteiger partial charge in [-0.05, 0) is 30.9 Å². The van der Waals surface area contributed by atoms with Crippen LogP contribution in [0.25, 0.3) is 0 Å². The summed E-state index contributed by atoms with van der Waals surface area (Å²) in [7, 11) is 3.85. The summed E-state index contributed by atoms with van der Waals surface area (Å²) in [6.07, 6.45) is 5.67. The van der Waals surface area contributed by atoms with E-state index in [-0.39, 0.29) is 0 Å². The van der Waals surface area contributed by atoms with Crippen LogP contribution in [0, 0.1) is 5.82 Å². The highest BCUT2D eigenvalue weighted by molar-refractivity contribution is 6.30. The van der Waals surface area contributed by atoms with E-state index in [2.05, 4.69) is 9.97 Å². The molecule has 2 aliphatic heterocycles. The summed E-state index contributed by atoms with van der Waals surface area (Å²) in [6, 6.07) is 1.30. The van der Waals surface area contributed by atoms with Crippen molar-refractivity contribution in [2.75, 3.05) is 43.6 Å². The molecule has 0 atom stereocenters. The van der Waals surface area contributed by atoms with Crippen LogP contribution in [0.1, 0.15) is 24.1 Å². The fraction of sp³-hybridized carbons (Fsp3) is 0.500. The number of halogens is 2. The average Bonchev–Trinajstić information content (AvgIpc) is 2.63. The lowest BCUT2D eigenvalue weighted by Crippen LogP contribution is -2.47. The number of pyridine rings is 1. The Hall–Kier alpha value is -1.99. The molecule has 1 fully saturated rings. The molecule has 1 saturated heterocycles. The summed E-state index contributed by atoms with van der Waals surface area (Å²) in [5.74, 6) is 0.633. The molecule has 0 amide bonds. The van der Waals surface area contributed by atoms with Crippen molar-refractivity contribution in [2.45, 2.75) is 24.9 Å². The number of nitrogens with zero attached hydrogens (tertiary/aromatic N) is 5. The fourth-order valence-electron chi connectivity index (χ4n) is 3.72. The highest BCUT2D eigenvalue weighted by atomic mass is 35.5. The minimum Gasteiger partial charge on any atom is -0.368 e. The predicted octanol–water partition coefficient (Wildman–Crippen LogP) is 2.80. The summed E-state index contributed by atoms with van der Waals surface area (Å²) < 4.78 is 20.4. The zero-order valence-electron chi connectivity index (χ0n) is 14.9.